The van der Waals surface area contributed by atoms with E-state index in [1.807, 2.05) is 55.5 Å². The Morgan fingerprint density at radius 3 is 2.76 bits per heavy atom. The van der Waals surface area contributed by atoms with Gasteiger partial charge in [0.2, 0.25) is 0 Å². The lowest BCUT2D eigenvalue weighted by Gasteiger charge is -2.33. The van der Waals surface area contributed by atoms with Gasteiger partial charge >= 0.3 is 6.09 Å². The number of carbonyl (C=O) groups is 1. The van der Waals surface area contributed by atoms with E-state index in [1.165, 1.54) is 11.3 Å². The van der Waals surface area contributed by atoms with Gasteiger partial charge in [0.25, 0.3) is 5.56 Å². The Balaban J connectivity index is 1.41. The van der Waals surface area contributed by atoms with Crippen LogP contribution in [0.1, 0.15) is 29.1 Å². The second-order valence-corrected chi connectivity index (χ2v) is 11.4. The quantitative estimate of drug-likeness (QED) is 0.350. The number of nitrogens with one attached hydrogen (secondary N) is 1. The van der Waals surface area contributed by atoms with Crippen molar-refractivity contribution in [3.05, 3.63) is 80.2 Å². The molecule has 2 fully saturated rings. The van der Waals surface area contributed by atoms with Crippen molar-refractivity contribution in [2.75, 3.05) is 18.5 Å². The molecule has 6 rings (SSSR count). The minimum atomic E-state index is -0.238. The largest absolute Gasteiger partial charge is 0.447 e. The van der Waals surface area contributed by atoms with Crippen molar-refractivity contribution in [3.63, 3.8) is 0 Å². The fourth-order valence-corrected chi connectivity index (χ4v) is 6.34. The fourth-order valence-electron chi connectivity index (χ4n) is 5.32. The molecule has 2 aliphatic rings. The Bertz CT molecular complexity index is 1580. The van der Waals surface area contributed by atoms with Gasteiger partial charge in [0.15, 0.2) is 0 Å². The standard InChI is InChI=1S/C28H27ClN4O4S/c1-16-30-25-11-22(26-7-6-21(14-34)38-26)24(31-19-8-9-32-20(10-19)15-37-28(32)36)12-23(25)27(35)33(16)13-17-2-4-18(29)5-3-17/h2-7,11-12,19-20,31,34H,8-10,13-15H2,1H3/t19-,20-/m0/s1. The summed E-state index contributed by atoms with van der Waals surface area (Å²) in [5.41, 5.74) is 3.26. The minimum absolute atomic E-state index is 0.0259. The number of rotatable bonds is 6. The summed E-state index contributed by atoms with van der Waals surface area (Å²) in [6.07, 6.45) is 1.31. The van der Waals surface area contributed by atoms with Crippen LogP contribution in [0.2, 0.25) is 5.02 Å². The number of hydrogen-bond acceptors (Lipinski definition) is 7. The number of aliphatic hydroxyl groups is 1. The first-order valence-corrected chi connectivity index (χ1v) is 13.8. The summed E-state index contributed by atoms with van der Waals surface area (Å²) >= 11 is 7.55. The van der Waals surface area contributed by atoms with Crippen LogP contribution < -0.4 is 10.9 Å². The van der Waals surface area contributed by atoms with Gasteiger partial charge < -0.3 is 20.1 Å². The topological polar surface area (TPSA) is 96.7 Å². The Kier molecular flexibility index (Phi) is 6.59. The average Bonchev–Trinajstić information content (AvgIpc) is 3.54. The van der Waals surface area contributed by atoms with Crippen LogP contribution in [-0.4, -0.2) is 50.9 Å². The van der Waals surface area contributed by atoms with Gasteiger partial charge in [0.1, 0.15) is 12.4 Å². The van der Waals surface area contributed by atoms with Crippen molar-refractivity contribution < 1.29 is 14.6 Å². The Morgan fingerprint density at radius 1 is 1.18 bits per heavy atom. The van der Waals surface area contributed by atoms with Crippen LogP contribution in [0.3, 0.4) is 0 Å². The Morgan fingerprint density at radius 2 is 2.00 bits per heavy atom. The molecule has 2 aromatic carbocycles. The van der Waals surface area contributed by atoms with Gasteiger partial charge in [-0.3, -0.25) is 9.36 Å². The molecule has 196 valence electrons. The third kappa shape index (κ3) is 4.66. The van der Waals surface area contributed by atoms with Crippen LogP contribution in [0.25, 0.3) is 21.3 Å². The predicted molar refractivity (Wildman–Crippen MR) is 149 cm³/mol. The number of fused-ring (bicyclic) bond motifs is 2. The highest BCUT2D eigenvalue weighted by Crippen LogP contribution is 2.37. The van der Waals surface area contributed by atoms with Gasteiger partial charge in [-0.05, 0) is 61.7 Å². The molecule has 4 heterocycles. The number of nitrogens with zero attached hydrogens (tertiary/aromatic N) is 3. The van der Waals surface area contributed by atoms with Gasteiger partial charge in [-0.1, -0.05) is 23.7 Å². The maximum absolute atomic E-state index is 13.7. The van der Waals surface area contributed by atoms with Crippen molar-refractivity contribution in [1.82, 2.24) is 14.5 Å². The van der Waals surface area contributed by atoms with E-state index < -0.39 is 0 Å². The van der Waals surface area contributed by atoms with Crippen molar-refractivity contribution in [3.8, 4) is 10.4 Å². The van der Waals surface area contributed by atoms with Crippen molar-refractivity contribution in [2.24, 2.45) is 0 Å². The van der Waals surface area contributed by atoms with Gasteiger partial charge in [-0.25, -0.2) is 9.78 Å². The second-order valence-electron chi connectivity index (χ2n) is 9.81. The van der Waals surface area contributed by atoms with Crippen LogP contribution in [0.4, 0.5) is 10.5 Å². The zero-order valence-electron chi connectivity index (χ0n) is 20.8. The van der Waals surface area contributed by atoms with Crippen LogP contribution in [0.5, 0.6) is 0 Å². The number of hydrogen-bond donors (Lipinski definition) is 2. The highest BCUT2D eigenvalue weighted by atomic mass is 35.5. The van der Waals surface area contributed by atoms with Gasteiger partial charge in [0, 0.05) is 38.6 Å². The number of ether oxygens (including phenoxy) is 1. The summed E-state index contributed by atoms with van der Waals surface area (Å²) in [5, 5.41) is 14.5. The van der Waals surface area contributed by atoms with E-state index in [2.05, 4.69) is 5.32 Å². The van der Waals surface area contributed by atoms with Crippen LogP contribution in [-0.2, 0) is 17.9 Å². The van der Waals surface area contributed by atoms with Crippen molar-refractivity contribution in [2.45, 2.75) is 45.0 Å². The summed E-state index contributed by atoms with van der Waals surface area (Å²) < 4.78 is 6.92. The molecule has 38 heavy (non-hydrogen) atoms. The molecule has 2 aliphatic heterocycles. The lowest BCUT2D eigenvalue weighted by Crippen LogP contribution is -2.45. The number of amides is 1. The molecule has 1 amide bonds. The molecule has 0 bridgehead atoms. The highest BCUT2D eigenvalue weighted by Gasteiger charge is 2.38. The molecule has 2 saturated heterocycles. The first kappa shape index (κ1) is 24.9. The van der Waals surface area contributed by atoms with E-state index in [4.69, 9.17) is 21.3 Å². The number of thiophene rings is 1. The number of cyclic esters (lactones) is 1. The van der Waals surface area contributed by atoms with Crippen LogP contribution in [0, 0.1) is 6.92 Å². The smallest absolute Gasteiger partial charge is 0.410 e. The van der Waals surface area contributed by atoms with Gasteiger partial charge in [0.05, 0.1) is 30.1 Å². The number of benzene rings is 2. The minimum Gasteiger partial charge on any atom is -0.447 e. The SMILES string of the molecule is Cc1nc2cc(-c3ccc(CO)s3)c(N[C@H]3CCN4C(=O)OC[C@@H]4C3)cc2c(=O)n1Cc1ccc(Cl)cc1. The van der Waals surface area contributed by atoms with E-state index in [9.17, 15) is 14.7 Å². The molecule has 8 nitrogen and oxygen atoms in total. The van der Waals surface area contributed by atoms with Crippen molar-refractivity contribution in [1.29, 1.82) is 0 Å². The molecule has 10 heteroatoms. The second kappa shape index (κ2) is 10.1. The number of anilines is 1. The number of aliphatic hydroxyl groups excluding tert-OH is 1. The first-order chi connectivity index (χ1) is 18.4. The highest BCUT2D eigenvalue weighted by molar-refractivity contribution is 7.15. The average molecular weight is 551 g/mol. The van der Waals surface area contributed by atoms with E-state index in [0.717, 1.165) is 39.4 Å². The van der Waals surface area contributed by atoms with Gasteiger partial charge in [-0.15, -0.1) is 11.3 Å². The molecule has 0 radical (unpaired) electrons. The van der Waals surface area contributed by atoms with E-state index in [0.29, 0.717) is 41.4 Å². The fraction of sp³-hybridized carbons (Fsp3) is 0.321. The molecule has 2 N–H and O–H groups in total. The summed E-state index contributed by atoms with van der Waals surface area (Å²) in [7, 11) is 0. The lowest BCUT2D eigenvalue weighted by molar-refractivity contribution is 0.153. The maximum atomic E-state index is 13.7. The monoisotopic (exact) mass is 550 g/mol. The third-order valence-corrected chi connectivity index (χ3v) is 8.69. The number of piperidine rings is 1. The van der Waals surface area contributed by atoms with Gasteiger partial charge in [-0.2, -0.15) is 0 Å². The Hall–Kier alpha value is -3.40. The maximum Gasteiger partial charge on any atom is 0.410 e. The molecular weight excluding hydrogens is 524 g/mol. The molecule has 0 unspecified atom stereocenters. The van der Waals surface area contributed by atoms with Crippen LogP contribution >= 0.6 is 22.9 Å². The Labute approximate surface area is 228 Å². The number of halogens is 1. The number of aryl methyl sites for hydroxylation is 1. The molecule has 0 aliphatic carbocycles. The lowest BCUT2D eigenvalue weighted by atomic mass is 9.97. The molecule has 4 aromatic rings. The number of carbonyl (C=O) groups excluding carboxylic acids is 1. The number of aromatic nitrogens is 2. The third-order valence-electron chi connectivity index (χ3n) is 7.33. The first-order valence-electron chi connectivity index (χ1n) is 12.6. The molecule has 0 spiro atoms. The molecular formula is C28H27ClN4O4S. The van der Waals surface area contributed by atoms with E-state index in [-0.39, 0.29) is 30.3 Å². The molecule has 2 aromatic heterocycles. The zero-order valence-corrected chi connectivity index (χ0v) is 22.4. The van der Waals surface area contributed by atoms with Crippen LogP contribution in [0.15, 0.2) is 53.3 Å². The zero-order chi connectivity index (χ0) is 26.4. The summed E-state index contributed by atoms with van der Waals surface area (Å²) in [4.78, 5) is 34.1. The van der Waals surface area contributed by atoms with Crippen molar-refractivity contribution >= 4 is 45.6 Å². The van der Waals surface area contributed by atoms with E-state index >= 15 is 0 Å². The molecule has 0 saturated carbocycles. The summed E-state index contributed by atoms with van der Waals surface area (Å²) in [6.45, 7) is 3.25. The normalized spacial score (nSPS) is 19.0. The van der Waals surface area contributed by atoms with E-state index in [1.54, 1.807) is 9.47 Å². The summed E-state index contributed by atoms with van der Waals surface area (Å²) in [5.74, 6) is 0.629. The predicted octanol–water partition coefficient (Wildman–Crippen LogP) is 5.02. The molecule has 2 atom stereocenters. The summed E-state index contributed by atoms with van der Waals surface area (Å²) in [6, 6.07) is 15.4.